The number of nitrogens with two attached hydrogens (primary N) is 2. The quantitative estimate of drug-likeness (QED) is 0.0990. The summed E-state index contributed by atoms with van der Waals surface area (Å²) in [5, 5.41) is 0. The van der Waals surface area contributed by atoms with Crippen LogP contribution < -0.4 is 11.5 Å². The molecule has 4 aromatic rings. The van der Waals surface area contributed by atoms with Crippen molar-refractivity contribution in [3.05, 3.63) is 130 Å². The Hall–Kier alpha value is -3.52. The number of nitrogen functional groups attached to an aromatic ring is 2. The first-order valence-electron chi connectivity index (χ1n) is 19.9. The SMILES string of the molecule is CCCCCCCC1CCC(C2CCC(c3ccc(CCc4ccc(N)cc4)cc3)(c3ccc(CCc4ccc(N)cc4)cc3)CC2)CC1. The van der Waals surface area contributed by atoms with Gasteiger partial charge in [-0.15, -0.1) is 0 Å². The van der Waals surface area contributed by atoms with E-state index in [9.17, 15) is 0 Å². The highest BCUT2D eigenvalue weighted by Gasteiger charge is 2.40. The molecule has 2 aliphatic rings. The maximum absolute atomic E-state index is 5.91. The Bertz CT molecular complexity index is 1420. The minimum Gasteiger partial charge on any atom is -0.399 e. The molecule has 0 aliphatic heterocycles. The first-order chi connectivity index (χ1) is 24.0. The lowest BCUT2D eigenvalue weighted by Gasteiger charge is -2.45. The molecule has 0 unspecified atom stereocenters. The minimum atomic E-state index is 0.108. The summed E-state index contributed by atoms with van der Waals surface area (Å²) in [5.41, 5.74) is 22.2. The third kappa shape index (κ3) is 9.59. The van der Waals surface area contributed by atoms with E-state index in [0.717, 1.165) is 54.8 Å². The number of anilines is 2. The summed E-state index contributed by atoms with van der Waals surface area (Å²) >= 11 is 0. The fourth-order valence-corrected chi connectivity index (χ4v) is 9.26. The number of benzene rings is 4. The molecule has 0 radical (unpaired) electrons. The van der Waals surface area contributed by atoms with Gasteiger partial charge < -0.3 is 11.5 Å². The van der Waals surface area contributed by atoms with Crippen molar-refractivity contribution >= 4 is 11.4 Å². The molecule has 4 N–H and O–H groups in total. The second kappa shape index (κ2) is 17.4. The lowest BCUT2D eigenvalue weighted by molar-refractivity contribution is 0.140. The molecule has 260 valence electrons. The second-order valence-corrected chi connectivity index (χ2v) is 15.8. The van der Waals surface area contributed by atoms with Gasteiger partial charge in [0.15, 0.2) is 0 Å². The Morgan fingerprint density at radius 2 is 0.857 bits per heavy atom. The first-order valence-corrected chi connectivity index (χ1v) is 19.9. The third-order valence-electron chi connectivity index (χ3n) is 12.5. The molecule has 0 bridgehead atoms. The van der Waals surface area contributed by atoms with E-state index in [2.05, 4.69) is 79.7 Å². The zero-order valence-corrected chi connectivity index (χ0v) is 30.4. The predicted molar refractivity (Wildman–Crippen MR) is 211 cm³/mol. The smallest absolute Gasteiger partial charge is 0.0314 e. The standard InChI is InChI=1S/C47H62N2/c1-2-3-4-5-6-7-36-12-22-41(23-13-36)42-32-34-47(35-33-42,43-24-14-37(15-25-43)8-10-39-18-28-45(48)29-19-39)44-26-16-38(17-27-44)9-11-40-20-30-46(49)31-21-40/h14-21,24-31,36,41-42H,2-13,22-23,32-35,48-49H2,1H3. The van der Waals surface area contributed by atoms with Gasteiger partial charge in [-0.1, -0.05) is 131 Å². The molecule has 49 heavy (non-hydrogen) atoms. The zero-order chi connectivity index (χ0) is 33.9. The van der Waals surface area contributed by atoms with Crippen molar-refractivity contribution < 1.29 is 0 Å². The van der Waals surface area contributed by atoms with E-state index in [1.165, 1.54) is 123 Å². The second-order valence-electron chi connectivity index (χ2n) is 15.8. The predicted octanol–water partition coefficient (Wildman–Crippen LogP) is 12.1. The molecule has 0 amide bonds. The van der Waals surface area contributed by atoms with Gasteiger partial charge in [0.05, 0.1) is 0 Å². The van der Waals surface area contributed by atoms with Crippen LogP contribution in [-0.4, -0.2) is 0 Å². The van der Waals surface area contributed by atoms with Crippen LogP contribution in [0.15, 0.2) is 97.1 Å². The highest BCUT2D eigenvalue weighted by molar-refractivity contribution is 5.43. The van der Waals surface area contributed by atoms with E-state index in [-0.39, 0.29) is 5.41 Å². The van der Waals surface area contributed by atoms with E-state index in [1.807, 2.05) is 24.3 Å². The van der Waals surface area contributed by atoms with Crippen LogP contribution in [0.3, 0.4) is 0 Å². The first kappa shape index (κ1) is 35.3. The molecule has 6 rings (SSSR count). The van der Waals surface area contributed by atoms with Gasteiger partial charge in [0.25, 0.3) is 0 Å². The van der Waals surface area contributed by atoms with Gasteiger partial charge in [0.1, 0.15) is 0 Å². The molecular weight excluding hydrogens is 593 g/mol. The Balaban J connectivity index is 1.11. The molecule has 2 saturated carbocycles. The summed E-state index contributed by atoms with van der Waals surface area (Å²) in [5.74, 6) is 2.84. The van der Waals surface area contributed by atoms with Crippen LogP contribution in [0.5, 0.6) is 0 Å². The Labute approximate surface area is 298 Å². The molecule has 2 heteroatoms. The molecule has 0 aromatic heterocycles. The molecule has 2 aliphatic carbocycles. The third-order valence-corrected chi connectivity index (χ3v) is 12.5. The average molecular weight is 655 g/mol. The van der Waals surface area contributed by atoms with Crippen molar-refractivity contribution in [1.29, 1.82) is 0 Å². The summed E-state index contributed by atoms with van der Waals surface area (Å²) < 4.78 is 0. The Kier molecular flexibility index (Phi) is 12.6. The minimum absolute atomic E-state index is 0.108. The number of hydrogen-bond donors (Lipinski definition) is 2. The van der Waals surface area contributed by atoms with Crippen LogP contribution in [-0.2, 0) is 31.1 Å². The van der Waals surface area contributed by atoms with E-state index in [0.29, 0.717) is 0 Å². The van der Waals surface area contributed by atoms with Crippen molar-refractivity contribution in [2.75, 3.05) is 11.5 Å². The summed E-state index contributed by atoms with van der Waals surface area (Å²) in [6.07, 6.45) is 24.0. The zero-order valence-electron chi connectivity index (χ0n) is 30.4. The van der Waals surface area contributed by atoms with Gasteiger partial charge in [0, 0.05) is 16.8 Å². The lowest BCUT2D eigenvalue weighted by Crippen LogP contribution is -2.36. The van der Waals surface area contributed by atoms with Crippen LogP contribution in [0.4, 0.5) is 11.4 Å². The molecular formula is C47H62N2. The summed E-state index contributed by atoms with van der Waals surface area (Å²) in [4.78, 5) is 0. The molecule has 2 fully saturated rings. The fourth-order valence-electron chi connectivity index (χ4n) is 9.26. The monoisotopic (exact) mass is 654 g/mol. The Morgan fingerprint density at radius 1 is 0.469 bits per heavy atom. The molecule has 0 saturated heterocycles. The number of unbranched alkanes of at least 4 members (excludes halogenated alkanes) is 4. The van der Waals surface area contributed by atoms with Crippen LogP contribution in [0.2, 0.25) is 0 Å². The van der Waals surface area contributed by atoms with Crippen molar-refractivity contribution in [3.8, 4) is 0 Å². The van der Waals surface area contributed by atoms with Crippen molar-refractivity contribution in [2.24, 2.45) is 17.8 Å². The van der Waals surface area contributed by atoms with Crippen LogP contribution in [0, 0.1) is 17.8 Å². The summed E-state index contributed by atoms with van der Waals surface area (Å²) in [7, 11) is 0. The molecule has 2 nitrogen and oxygen atoms in total. The van der Waals surface area contributed by atoms with E-state index >= 15 is 0 Å². The maximum atomic E-state index is 5.91. The lowest BCUT2D eigenvalue weighted by atomic mass is 9.60. The van der Waals surface area contributed by atoms with Gasteiger partial charge in [-0.2, -0.15) is 0 Å². The average Bonchev–Trinajstić information content (AvgIpc) is 3.15. The van der Waals surface area contributed by atoms with Crippen LogP contribution in [0.1, 0.15) is 130 Å². The van der Waals surface area contributed by atoms with Crippen molar-refractivity contribution in [3.63, 3.8) is 0 Å². The summed E-state index contributed by atoms with van der Waals surface area (Å²) in [6, 6.07) is 36.2. The fraction of sp³-hybridized carbons (Fsp3) is 0.489. The van der Waals surface area contributed by atoms with Crippen molar-refractivity contribution in [1.82, 2.24) is 0 Å². The molecule has 0 atom stereocenters. The van der Waals surface area contributed by atoms with Crippen LogP contribution >= 0.6 is 0 Å². The highest BCUT2D eigenvalue weighted by atomic mass is 14.5. The largest absolute Gasteiger partial charge is 0.399 e. The van der Waals surface area contributed by atoms with Gasteiger partial charge in [-0.25, -0.2) is 0 Å². The highest BCUT2D eigenvalue weighted by Crippen LogP contribution is 2.50. The van der Waals surface area contributed by atoms with Gasteiger partial charge in [-0.05, 0) is 140 Å². The summed E-state index contributed by atoms with van der Waals surface area (Å²) in [6.45, 7) is 2.32. The topological polar surface area (TPSA) is 52.0 Å². The normalized spacial score (nSPS) is 19.5. The van der Waals surface area contributed by atoms with Gasteiger partial charge >= 0.3 is 0 Å². The molecule has 4 aromatic carbocycles. The van der Waals surface area contributed by atoms with Gasteiger partial charge in [0.2, 0.25) is 0 Å². The van der Waals surface area contributed by atoms with E-state index in [4.69, 9.17) is 11.5 Å². The Morgan fingerprint density at radius 3 is 1.29 bits per heavy atom. The molecule has 0 heterocycles. The maximum Gasteiger partial charge on any atom is 0.0314 e. The van der Waals surface area contributed by atoms with Crippen molar-refractivity contribution in [2.45, 2.75) is 128 Å². The van der Waals surface area contributed by atoms with E-state index < -0.39 is 0 Å². The van der Waals surface area contributed by atoms with E-state index in [1.54, 1.807) is 0 Å². The van der Waals surface area contributed by atoms with Gasteiger partial charge in [-0.3, -0.25) is 0 Å². The molecule has 0 spiro atoms. The number of hydrogen-bond acceptors (Lipinski definition) is 2. The van der Waals surface area contributed by atoms with Crippen LogP contribution in [0.25, 0.3) is 0 Å². The number of rotatable bonds is 15. The number of aryl methyl sites for hydroxylation is 4.